The molecular formula is C14H14N4O. The van der Waals surface area contributed by atoms with Crippen molar-refractivity contribution >= 4 is 16.8 Å². The van der Waals surface area contributed by atoms with Crippen molar-refractivity contribution in [1.29, 1.82) is 0 Å². The van der Waals surface area contributed by atoms with E-state index in [2.05, 4.69) is 38.3 Å². The molecule has 0 fully saturated rings. The van der Waals surface area contributed by atoms with Gasteiger partial charge in [-0.2, -0.15) is 5.10 Å². The van der Waals surface area contributed by atoms with Crippen LogP contribution in [-0.2, 0) is 13.6 Å². The molecule has 0 saturated heterocycles. The zero-order valence-electron chi connectivity index (χ0n) is 10.6. The molecule has 3 aromatic rings. The van der Waals surface area contributed by atoms with Crippen LogP contribution in [0.2, 0.25) is 0 Å². The first-order valence-corrected chi connectivity index (χ1v) is 6.05. The van der Waals surface area contributed by atoms with Crippen LogP contribution in [0.15, 0.2) is 42.9 Å². The summed E-state index contributed by atoms with van der Waals surface area (Å²) in [5.74, 6) is -0.124. The average Bonchev–Trinajstić information content (AvgIpc) is 3.07. The van der Waals surface area contributed by atoms with E-state index in [-0.39, 0.29) is 5.91 Å². The predicted octanol–water partition coefficient (Wildman–Crippen LogP) is 1.83. The summed E-state index contributed by atoms with van der Waals surface area (Å²) >= 11 is 0. The van der Waals surface area contributed by atoms with Gasteiger partial charge in [-0.3, -0.25) is 9.89 Å². The number of nitrogens with zero attached hydrogens (tertiary/aromatic N) is 2. The molecule has 19 heavy (non-hydrogen) atoms. The summed E-state index contributed by atoms with van der Waals surface area (Å²) in [7, 11) is 2.01. The Balaban J connectivity index is 1.75. The van der Waals surface area contributed by atoms with Gasteiger partial charge >= 0.3 is 0 Å². The Morgan fingerprint density at radius 2 is 2.32 bits per heavy atom. The molecule has 96 valence electrons. The van der Waals surface area contributed by atoms with Crippen molar-refractivity contribution in [3.63, 3.8) is 0 Å². The normalized spacial score (nSPS) is 10.8. The lowest BCUT2D eigenvalue weighted by Crippen LogP contribution is -2.22. The molecular weight excluding hydrogens is 240 g/mol. The molecule has 3 rings (SSSR count). The van der Waals surface area contributed by atoms with Gasteiger partial charge in [0.2, 0.25) is 0 Å². The molecule has 0 aliphatic carbocycles. The van der Waals surface area contributed by atoms with Crippen molar-refractivity contribution < 1.29 is 4.79 Å². The third-order valence-corrected chi connectivity index (χ3v) is 3.17. The van der Waals surface area contributed by atoms with Crippen molar-refractivity contribution in [3.05, 3.63) is 54.0 Å². The van der Waals surface area contributed by atoms with Gasteiger partial charge in [0.05, 0.1) is 11.8 Å². The lowest BCUT2D eigenvalue weighted by atomic mass is 10.1. The number of hydrogen-bond donors (Lipinski definition) is 2. The second kappa shape index (κ2) is 4.61. The number of aryl methyl sites for hydroxylation is 1. The summed E-state index contributed by atoms with van der Waals surface area (Å²) in [4.78, 5) is 11.8. The molecule has 0 aliphatic rings. The molecule has 5 heteroatoms. The molecule has 0 radical (unpaired) electrons. The summed E-state index contributed by atoms with van der Waals surface area (Å²) in [5.41, 5.74) is 2.78. The minimum atomic E-state index is -0.124. The highest BCUT2D eigenvalue weighted by Gasteiger charge is 2.06. The van der Waals surface area contributed by atoms with Crippen LogP contribution in [0.5, 0.6) is 0 Å². The molecule has 0 saturated carbocycles. The lowest BCUT2D eigenvalue weighted by Gasteiger charge is -2.05. The number of carbonyl (C=O) groups excluding carboxylic acids is 1. The Morgan fingerprint density at radius 3 is 3.11 bits per heavy atom. The van der Waals surface area contributed by atoms with Gasteiger partial charge in [0.1, 0.15) is 0 Å². The smallest absolute Gasteiger partial charge is 0.254 e. The molecule has 0 bridgehead atoms. The third-order valence-electron chi connectivity index (χ3n) is 3.17. The molecule has 1 aromatic carbocycles. The number of aromatic nitrogens is 3. The van der Waals surface area contributed by atoms with E-state index in [0.29, 0.717) is 12.1 Å². The minimum Gasteiger partial charge on any atom is -0.351 e. The van der Waals surface area contributed by atoms with E-state index < -0.39 is 0 Å². The van der Waals surface area contributed by atoms with E-state index in [1.54, 1.807) is 6.20 Å². The van der Waals surface area contributed by atoms with Crippen LogP contribution in [0, 0.1) is 0 Å². The van der Waals surface area contributed by atoms with E-state index in [0.717, 1.165) is 11.1 Å². The Bertz CT molecular complexity index is 712. The molecule has 5 nitrogen and oxygen atoms in total. The van der Waals surface area contributed by atoms with Gasteiger partial charge < -0.3 is 9.88 Å². The second-order valence-corrected chi connectivity index (χ2v) is 4.49. The van der Waals surface area contributed by atoms with Crippen LogP contribution in [0.4, 0.5) is 0 Å². The summed E-state index contributed by atoms with van der Waals surface area (Å²) in [6, 6.07) is 8.25. The molecule has 0 atom stereocenters. The van der Waals surface area contributed by atoms with Gasteiger partial charge in [-0.1, -0.05) is 12.1 Å². The molecule has 0 unspecified atom stereocenters. The molecule has 2 aromatic heterocycles. The maximum Gasteiger partial charge on any atom is 0.254 e. The molecule has 0 spiro atoms. The highest BCUT2D eigenvalue weighted by molar-refractivity contribution is 5.93. The first-order valence-electron chi connectivity index (χ1n) is 6.05. The predicted molar refractivity (Wildman–Crippen MR) is 72.7 cm³/mol. The zero-order valence-corrected chi connectivity index (χ0v) is 10.6. The lowest BCUT2D eigenvalue weighted by molar-refractivity contribution is 0.0951. The maximum absolute atomic E-state index is 11.8. The Kier molecular flexibility index (Phi) is 2.79. The highest BCUT2D eigenvalue weighted by Crippen LogP contribution is 2.16. The number of H-pyrrole nitrogens is 1. The number of aromatic amines is 1. The fourth-order valence-electron chi connectivity index (χ4n) is 2.08. The maximum atomic E-state index is 11.8. The third kappa shape index (κ3) is 2.22. The average molecular weight is 254 g/mol. The van der Waals surface area contributed by atoms with Gasteiger partial charge in [-0.25, -0.2) is 0 Å². The van der Waals surface area contributed by atoms with Crippen molar-refractivity contribution in [2.75, 3.05) is 0 Å². The van der Waals surface area contributed by atoms with E-state index in [9.17, 15) is 4.79 Å². The first kappa shape index (κ1) is 11.5. The van der Waals surface area contributed by atoms with Gasteiger partial charge in [0, 0.05) is 31.5 Å². The van der Waals surface area contributed by atoms with E-state index in [1.807, 2.05) is 19.3 Å². The topological polar surface area (TPSA) is 62.7 Å². The first-order chi connectivity index (χ1) is 9.24. The fraction of sp³-hybridized carbons (Fsp3) is 0.143. The number of benzene rings is 1. The van der Waals surface area contributed by atoms with Crippen LogP contribution < -0.4 is 5.32 Å². The van der Waals surface area contributed by atoms with Crippen LogP contribution in [0.3, 0.4) is 0 Å². The quantitative estimate of drug-likeness (QED) is 0.749. The van der Waals surface area contributed by atoms with Gasteiger partial charge in [-0.05, 0) is 23.1 Å². The Hall–Kier alpha value is -2.56. The SMILES string of the molecule is Cn1ccc2ccc(CNC(=O)c3cn[nH]c3)cc21. The number of hydrogen-bond acceptors (Lipinski definition) is 2. The standard InChI is InChI=1S/C14H14N4O/c1-18-5-4-11-3-2-10(6-13(11)18)7-15-14(19)12-8-16-17-9-12/h2-6,8-9H,7H2,1H3,(H,15,19)(H,16,17). The van der Waals surface area contributed by atoms with E-state index >= 15 is 0 Å². The second-order valence-electron chi connectivity index (χ2n) is 4.49. The highest BCUT2D eigenvalue weighted by atomic mass is 16.1. The van der Waals surface area contributed by atoms with Crippen LogP contribution in [-0.4, -0.2) is 20.7 Å². The summed E-state index contributed by atoms with van der Waals surface area (Å²) in [6.45, 7) is 0.505. The summed E-state index contributed by atoms with van der Waals surface area (Å²) < 4.78 is 2.07. The van der Waals surface area contributed by atoms with Gasteiger partial charge in [0.25, 0.3) is 5.91 Å². The van der Waals surface area contributed by atoms with Crippen LogP contribution >= 0.6 is 0 Å². The Morgan fingerprint density at radius 1 is 1.42 bits per heavy atom. The van der Waals surface area contributed by atoms with Crippen molar-refractivity contribution in [3.8, 4) is 0 Å². The monoisotopic (exact) mass is 254 g/mol. The number of nitrogens with one attached hydrogen (secondary N) is 2. The molecule has 0 aliphatic heterocycles. The number of carbonyl (C=O) groups is 1. The summed E-state index contributed by atoms with van der Waals surface area (Å²) in [6.07, 6.45) is 5.12. The van der Waals surface area contributed by atoms with Crippen molar-refractivity contribution in [1.82, 2.24) is 20.1 Å². The molecule has 1 amide bonds. The van der Waals surface area contributed by atoms with Gasteiger partial charge in [0.15, 0.2) is 0 Å². The molecule has 2 heterocycles. The number of rotatable bonds is 3. The molecule has 2 N–H and O–H groups in total. The van der Waals surface area contributed by atoms with Crippen LogP contribution in [0.1, 0.15) is 15.9 Å². The minimum absolute atomic E-state index is 0.124. The largest absolute Gasteiger partial charge is 0.351 e. The van der Waals surface area contributed by atoms with Crippen molar-refractivity contribution in [2.24, 2.45) is 7.05 Å². The zero-order chi connectivity index (χ0) is 13.2. The fourth-order valence-corrected chi connectivity index (χ4v) is 2.08. The van der Waals surface area contributed by atoms with Crippen LogP contribution in [0.25, 0.3) is 10.9 Å². The van der Waals surface area contributed by atoms with Crippen molar-refractivity contribution in [2.45, 2.75) is 6.54 Å². The Labute approximate surface area is 110 Å². The number of fused-ring (bicyclic) bond motifs is 1. The summed E-state index contributed by atoms with van der Waals surface area (Å²) in [5, 5.41) is 10.4. The van der Waals surface area contributed by atoms with Gasteiger partial charge in [-0.15, -0.1) is 0 Å². The number of amides is 1. The van der Waals surface area contributed by atoms with E-state index in [4.69, 9.17) is 0 Å². The van der Waals surface area contributed by atoms with E-state index in [1.165, 1.54) is 11.6 Å².